The van der Waals surface area contributed by atoms with Crippen LogP contribution in [0.4, 0.5) is 10.5 Å². The van der Waals surface area contributed by atoms with Gasteiger partial charge in [0.05, 0.1) is 19.8 Å². The van der Waals surface area contributed by atoms with Gasteiger partial charge in [0.15, 0.2) is 5.78 Å². The van der Waals surface area contributed by atoms with E-state index in [0.717, 1.165) is 15.7 Å². The fraction of sp³-hybridized carbons (Fsp3) is 0.300. The van der Waals surface area contributed by atoms with Crippen LogP contribution in [-0.2, 0) is 11.3 Å². The monoisotopic (exact) mass is 416 g/mol. The molecule has 2 aromatic carbocycles. The molecule has 5 nitrogen and oxygen atoms in total. The maximum atomic E-state index is 13.1. The molecule has 26 heavy (non-hydrogen) atoms. The van der Waals surface area contributed by atoms with E-state index in [1.165, 1.54) is 0 Å². The van der Waals surface area contributed by atoms with Crippen LogP contribution in [0, 0.1) is 0 Å². The third-order valence-corrected chi connectivity index (χ3v) is 4.83. The summed E-state index contributed by atoms with van der Waals surface area (Å²) in [6.45, 7) is 4.28. The number of hydrogen-bond donors (Lipinski definition) is 0. The first-order valence-corrected chi connectivity index (χ1v) is 9.33. The number of anilines is 1. The minimum Gasteiger partial charge on any atom is -0.378 e. The molecule has 0 spiro atoms. The Bertz CT molecular complexity index is 786. The standard InChI is InChI=1S/C20H21BrN2O3/c1-15(24)17-7-5-16(6-8-17)14-23(19-4-2-3-18(21)13-19)20(25)22-9-11-26-12-10-22/h2-8,13H,9-12,14H2,1H3. The highest BCUT2D eigenvalue weighted by Gasteiger charge is 2.24. The molecule has 136 valence electrons. The van der Waals surface area contributed by atoms with Gasteiger partial charge in [-0.15, -0.1) is 0 Å². The molecule has 0 bridgehead atoms. The first-order valence-electron chi connectivity index (χ1n) is 8.54. The van der Waals surface area contributed by atoms with Gasteiger partial charge < -0.3 is 9.64 Å². The number of morpholine rings is 1. The van der Waals surface area contributed by atoms with Gasteiger partial charge >= 0.3 is 6.03 Å². The molecule has 0 aromatic heterocycles. The normalized spacial score (nSPS) is 14.2. The molecular formula is C20H21BrN2O3. The number of amides is 2. The fourth-order valence-corrected chi connectivity index (χ4v) is 3.25. The highest BCUT2D eigenvalue weighted by molar-refractivity contribution is 9.10. The van der Waals surface area contributed by atoms with Crippen LogP contribution in [-0.4, -0.2) is 43.0 Å². The summed E-state index contributed by atoms with van der Waals surface area (Å²) in [6.07, 6.45) is 0. The number of ether oxygens (including phenoxy) is 1. The molecule has 2 amide bonds. The van der Waals surface area contributed by atoms with Crippen molar-refractivity contribution in [2.75, 3.05) is 31.2 Å². The maximum Gasteiger partial charge on any atom is 0.324 e. The molecule has 6 heteroatoms. The molecule has 1 fully saturated rings. The summed E-state index contributed by atoms with van der Waals surface area (Å²) < 4.78 is 6.27. The molecule has 3 rings (SSSR count). The first kappa shape index (κ1) is 18.6. The van der Waals surface area contributed by atoms with Crippen LogP contribution in [0.15, 0.2) is 53.0 Å². The van der Waals surface area contributed by atoms with Gasteiger partial charge in [0.25, 0.3) is 0 Å². The SMILES string of the molecule is CC(=O)c1ccc(CN(C(=O)N2CCOCC2)c2cccc(Br)c2)cc1. The van der Waals surface area contributed by atoms with Crippen LogP contribution < -0.4 is 4.90 Å². The predicted octanol–water partition coefficient (Wildman–Crippen LogP) is 4.11. The fourth-order valence-electron chi connectivity index (χ4n) is 2.87. The summed E-state index contributed by atoms with van der Waals surface area (Å²) in [6, 6.07) is 15.1. The van der Waals surface area contributed by atoms with Gasteiger partial charge in [0.2, 0.25) is 0 Å². The molecule has 0 atom stereocenters. The highest BCUT2D eigenvalue weighted by Crippen LogP contribution is 2.24. The minimum absolute atomic E-state index is 0.0322. The number of Topliss-reactive ketones (excluding diaryl/α,β-unsaturated/α-hetero) is 1. The van der Waals surface area contributed by atoms with Crippen molar-refractivity contribution in [2.45, 2.75) is 13.5 Å². The average Bonchev–Trinajstić information content (AvgIpc) is 2.66. The number of urea groups is 1. The molecule has 2 aromatic rings. The number of carbonyl (C=O) groups is 2. The van der Waals surface area contributed by atoms with Gasteiger partial charge in [-0.3, -0.25) is 9.69 Å². The van der Waals surface area contributed by atoms with Gasteiger partial charge in [-0.25, -0.2) is 4.79 Å². The number of ketones is 1. The Hall–Kier alpha value is -2.18. The van der Waals surface area contributed by atoms with Crippen LogP contribution in [0.2, 0.25) is 0 Å². The van der Waals surface area contributed by atoms with Crippen molar-refractivity contribution in [1.82, 2.24) is 4.90 Å². The molecule has 1 aliphatic heterocycles. The lowest BCUT2D eigenvalue weighted by molar-refractivity contribution is 0.0548. The second kappa shape index (κ2) is 8.47. The number of carbonyl (C=O) groups excluding carboxylic acids is 2. The zero-order valence-corrected chi connectivity index (χ0v) is 16.2. The minimum atomic E-state index is -0.0398. The van der Waals surface area contributed by atoms with Crippen molar-refractivity contribution in [2.24, 2.45) is 0 Å². The zero-order chi connectivity index (χ0) is 18.5. The maximum absolute atomic E-state index is 13.1. The van der Waals surface area contributed by atoms with Crippen LogP contribution in [0.1, 0.15) is 22.8 Å². The smallest absolute Gasteiger partial charge is 0.324 e. The van der Waals surface area contributed by atoms with E-state index in [1.54, 1.807) is 24.0 Å². The third-order valence-electron chi connectivity index (χ3n) is 4.33. The summed E-state index contributed by atoms with van der Waals surface area (Å²) in [4.78, 5) is 28.2. The van der Waals surface area contributed by atoms with E-state index in [0.29, 0.717) is 38.4 Å². The van der Waals surface area contributed by atoms with Crippen molar-refractivity contribution >= 4 is 33.4 Å². The van der Waals surface area contributed by atoms with Crippen molar-refractivity contribution in [1.29, 1.82) is 0 Å². The largest absolute Gasteiger partial charge is 0.378 e. The lowest BCUT2D eigenvalue weighted by Gasteiger charge is -2.33. The summed E-state index contributed by atoms with van der Waals surface area (Å²) in [7, 11) is 0. The Morgan fingerprint density at radius 3 is 2.42 bits per heavy atom. The number of nitrogens with zero attached hydrogens (tertiary/aromatic N) is 2. The average molecular weight is 417 g/mol. The summed E-state index contributed by atoms with van der Waals surface area (Å²) >= 11 is 3.48. The van der Waals surface area contributed by atoms with Crippen molar-refractivity contribution in [3.63, 3.8) is 0 Å². The number of hydrogen-bond acceptors (Lipinski definition) is 3. The van der Waals surface area contributed by atoms with E-state index in [9.17, 15) is 9.59 Å². The van der Waals surface area contributed by atoms with Crippen LogP contribution in [0.3, 0.4) is 0 Å². The first-order chi connectivity index (χ1) is 12.5. The van der Waals surface area contributed by atoms with Crippen molar-refractivity contribution < 1.29 is 14.3 Å². The van der Waals surface area contributed by atoms with Gasteiger partial charge in [0.1, 0.15) is 0 Å². The molecule has 0 aliphatic carbocycles. The molecule has 0 N–H and O–H groups in total. The van der Waals surface area contributed by atoms with E-state index in [1.807, 2.05) is 41.3 Å². The Morgan fingerprint density at radius 2 is 1.81 bits per heavy atom. The lowest BCUT2D eigenvalue weighted by Crippen LogP contribution is -2.48. The van der Waals surface area contributed by atoms with Crippen molar-refractivity contribution in [3.05, 3.63) is 64.1 Å². The Labute approximate surface area is 161 Å². The van der Waals surface area contributed by atoms with Crippen LogP contribution >= 0.6 is 15.9 Å². The van der Waals surface area contributed by atoms with Crippen molar-refractivity contribution in [3.8, 4) is 0 Å². The second-order valence-corrected chi connectivity index (χ2v) is 7.12. The van der Waals surface area contributed by atoms with Gasteiger partial charge in [-0.1, -0.05) is 46.3 Å². The van der Waals surface area contributed by atoms with Gasteiger partial charge in [-0.2, -0.15) is 0 Å². The van der Waals surface area contributed by atoms with E-state index < -0.39 is 0 Å². The van der Waals surface area contributed by atoms with E-state index in [4.69, 9.17) is 4.74 Å². The van der Waals surface area contributed by atoms with Crippen LogP contribution in [0.25, 0.3) is 0 Å². The van der Waals surface area contributed by atoms with Gasteiger partial charge in [-0.05, 0) is 30.7 Å². The predicted molar refractivity (Wildman–Crippen MR) is 105 cm³/mol. The molecule has 0 saturated carbocycles. The topological polar surface area (TPSA) is 49.9 Å². The highest BCUT2D eigenvalue weighted by atomic mass is 79.9. The summed E-state index contributed by atoms with van der Waals surface area (Å²) in [5.74, 6) is 0.0322. The Kier molecular flexibility index (Phi) is 6.06. The molecule has 1 heterocycles. The summed E-state index contributed by atoms with van der Waals surface area (Å²) in [5, 5.41) is 0. The lowest BCUT2D eigenvalue weighted by atomic mass is 10.1. The molecule has 1 aliphatic rings. The number of halogens is 1. The van der Waals surface area contributed by atoms with Crippen LogP contribution in [0.5, 0.6) is 0 Å². The molecule has 0 unspecified atom stereocenters. The van der Waals surface area contributed by atoms with E-state index >= 15 is 0 Å². The van der Waals surface area contributed by atoms with E-state index in [2.05, 4.69) is 15.9 Å². The quantitative estimate of drug-likeness (QED) is 0.704. The molecular weight excluding hydrogens is 396 g/mol. The third kappa shape index (κ3) is 4.51. The Balaban J connectivity index is 1.87. The van der Waals surface area contributed by atoms with E-state index in [-0.39, 0.29) is 11.8 Å². The zero-order valence-electron chi connectivity index (χ0n) is 14.7. The molecule has 0 radical (unpaired) electrons. The number of rotatable bonds is 4. The van der Waals surface area contributed by atoms with Gasteiger partial charge in [0, 0.05) is 28.8 Å². The summed E-state index contributed by atoms with van der Waals surface area (Å²) in [5.41, 5.74) is 2.46. The second-order valence-electron chi connectivity index (χ2n) is 6.20. The number of benzene rings is 2. The molecule has 1 saturated heterocycles. The Morgan fingerprint density at radius 1 is 1.12 bits per heavy atom.